The van der Waals surface area contributed by atoms with Gasteiger partial charge in [-0.1, -0.05) is 28.1 Å². The van der Waals surface area contributed by atoms with E-state index in [-0.39, 0.29) is 11.0 Å². The van der Waals surface area contributed by atoms with Gasteiger partial charge < -0.3 is 11.1 Å². The Hall–Kier alpha value is -1.08. The van der Waals surface area contributed by atoms with Crippen molar-refractivity contribution < 1.29 is 13.6 Å². The highest BCUT2D eigenvalue weighted by Crippen LogP contribution is 2.19. The Morgan fingerprint density at radius 1 is 1.39 bits per heavy atom. The van der Waals surface area contributed by atoms with E-state index in [1.165, 1.54) is 0 Å². The molecule has 0 atom stereocenters. The predicted molar refractivity (Wildman–Crippen MR) is 72.4 cm³/mol. The normalized spacial score (nSPS) is 10.2. The van der Waals surface area contributed by atoms with Crippen LogP contribution in [0.5, 0.6) is 0 Å². The highest BCUT2D eigenvalue weighted by atomic mass is 79.9. The summed E-state index contributed by atoms with van der Waals surface area (Å²) in [5, 5.41) is 2.41. The minimum Gasteiger partial charge on any atom is -0.393 e. The van der Waals surface area contributed by atoms with Gasteiger partial charge in [-0.25, -0.2) is 8.78 Å². The molecule has 0 fully saturated rings. The number of carbonyl (C=O) groups is 1. The van der Waals surface area contributed by atoms with Crippen LogP contribution in [-0.4, -0.2) is 17.4 Å². The van der Waals surface area contributed by atoms with Gasteiger partial charge in [-0.3, -0.25) is 4.79 Å². The van der Waals surface area contributed by atoms with Gasteiger partial charge in [0, 0.05) is 11.0 Å². The zero-order chi connectivity index (χ0) is 13.7. The molecule has 0 spiro atoms. The Morgan fingerprint density at radius 2 is 1.94 bits per heavy atom. The topological polar surface area (TPSA) is 55.1 Å². The molecule has 0 aromatic heterocycles. The number of carbonyl (C=O) groups excluding carboxylic acids is 1. The van der Waals surface area contributed by atoms with E-state index in [1.807, 2.05) is 0 Å². The molecule has 0 saturated carbocycles. The number of nitrogens with one attached hydrogen (secondary N) is 1. The molecule has 1 aromatic rings. The van der Waals surface area contributed by atoms with E-state index in [0.717, 1.165) is 12.1 Å². The third-order valence-electron chi connectivity index (χ3n) is 2.12. The molecule has 1 rings (SSSR count). The van der Waals surface area contributed by atoms with Crippen LogP contribution in [0.1, 0.15) is 23.2 Å². The second-order valence-electron chi connectivity index (χ2n) is 3.57. The number of benzene rings is 1. The third kappa shape index (κ3) is 4.30. The Kier molecular flexibility index (Phi) is 5.61. The van der Waals surface area contributed by atoms with Gasteiger partial charge in [-0.2, -0.15) is 0 Å². The maximum absolute atomic E-state index is 13.4. The summed E-state index contributed by atoms with van der Waals surface area (Å²) in [5.74, 6) is -2.61. The van der Waals surface area contributed by atoms with E-state index < -0.39 is 23.1 Å². The number of halogens is 3. The molecule has 3 nitrogen and oxygen atoms in total. The number of amides is 1. The quantitative estimate of drug-likeness (QED) is 0.641. The number of nitrogens with two attached hydrogens (primary N) is 1. The molecule has 0 aliphatic carbocycles. The van der Waals surface area contributed by atoms with E-state index in [0.29, 0.717) is 17.8 Å². The van der Waals surface area contributed by atoms with Crippen molar-refractivity contribution >= 4 is 39.0 Å². The Bertz CT molecular complexity index is 459. The minimum atomic E-state index is -0.909. The lowest BCUT2D eigenvalue weighted by atomic mass is 10.2. The number of hydrogen-bond acceptors (Lipinski definition) is 2. The SMILES string of the molecule is NC(=S)CCCNC(=O)c1c(F)cc(Br)cc1F. The molecule has 0 aliphatic rings. The predicted octanol–water partition coefficient (Wildman–Crippen LogP) is 2.52. The van der Waals surface area contributed by atoms with Crippen molar-refractivity contribution in [1.29, 1.82) is 0 Å². The van der Waals surface area contributed by atoms with Crippen molar-refractivity contribution in [3.8, 4) is 0 Å². The lowest BCUT2D eigenvalue weighted by Crippen LogP contribution is -2.27. The van der Waals surface area contributed by atoms with Crippen LogP contribution in [0, 0.1) is 11.6 Å². The Morgan fingerprint density at radius 3 is 2.44 bits per heavy atom. The van der Waals surface area contributed by atoms with Crippen molar-refractivity contribution in [2.24, 2.45) is 5.73 Å². The molecule has 0 bridgehead atoms. The van der Waals surface area contributed by atoms with E-state index in [4.69, 9.17) is 5.73 Å². The Balaban J connectivity index is 2.65. The van der Waals surface area contributed by atoms with Gasteiger partial charge in [0.2, 0.25) is 0 Å². The van der Waals surface area contributed by atoms with E-state index in [1.54, 1.807) is 0 Å². The smallest absolute Gasteiger partial charge is 0.257 e. The molecule has 1 amide bonds. The van der Waals surface area contributed by atoms with Crippen LogP contribution in [0.2, 0.25) is 0 Å². The fraction of sp³-hybridized carbons (Fsp3) is 0.273. The molecule has 7 heteroatoms. The lowest BCUT2D eigenvalue weighted by molar-refractivity contribution is 0.0945. The first-order valence-electron chi connectivity index (χ1n) is 5.13. The molecule has 0 saturated heterocycles. The van der Waals surface area contributed by atoms with Crippen LogP contribution in [-0.2, 0) is 0 Å². The highest BCUT2D eigenvalue weighted by molar-refractivity contribution is 9.10. The van der Waals surface area contributed by atoms with Crippen molar-refractivity contribution in [3.05, 3.63) is 33.8 Å². The highest BCUT2D eigenvalue weighted by Gasteiger charge is 2.17. The van der Waals surface area contributed by atoms with Gasteiger partial charge in [0.25, 0.3) is 5.91 Å². The monoisotopic (exact) mass is 336 g/mol. The van der Waals surface area contributed by atoms with Crippen LogP contribution in [0.4, 0.5) is 8.78 Å². The summed E-state index contributed by atoms with van der Waals surface area (Å²) < 4.78 is 27.1. The van der Waals surface area contributed by atoms with E-state index in [9.17, 15) is 13.6 Å². The molecule has 3 N–H and O–H groups in total. The van der Waals surface area contributed by atoms with Crippen LogP contribution < -0.4 is 11.1 Å². The van der Waals surface area contributed by atoms with Gasteiger partial charge in [-0.05, 0) is 25.0 Å². The standard InChI is InChI=1S/C11H11BrF2N2OS/c12-6-4-7(13)10(8(14)5-6)11(17)16-3-1-2-9(15)18/h4-5H,1-3H2,(H2,15,18)(H,16,17). The number of rotatable bonds is 5. The summed E-state index contributed by atoms with van der Waals surface area (Å²) >= 11 is 7.60. The molecular formula is C11H11BrF2N2OS. The molecular weight excluding hydrogens is 326 g/mol. The first-order chi connectivity index (χ1) is 8.41. The van der Waals surface area contributed by atoms with Gasteiger partial charge in [0.15, 0.2) is 0 Å². The van der Waals surface area contributed by atoms with Gasteiger partial charge in [-0.15, -0.1) is 0 Å². The maximum Gasteiger partial charge on any atom is 0.257 e. The minimum absolute atomic E-state index is 0.238. The molecule has 0 heterocycles. The molecule has 18 heavy (non-hydrogen) atoms. The molecule has 0 unspecified atom stereocenters. The average Bonchev–Trinajstić information content (AvgIpc) is 2.22. The van der Waals surface area contributed by atoms with Crippen molar-refractivity contribution in [3.63, 3.8) is 0 Å². The van der Waals surface area contributed by atoms with Crippen molar-refractivity contribution in [2.75, 3.05) is 6.54 Å². The van der Waals surface area contributed by atoms with Gasteiger partial charge in [0.05, 0.1) is 4.99 Å². The van der Waals surface area contributed by atoms with Crippen LogP contribution >= 0.6 is 28.1 Å². The number of thiocarbonyl (C=S) groups is 1. The first-order valence-corrected chi connectivity index (χ1v) is 6.33. The first kappa shape index (κ1) is 15.0. The van der Waals surface area contributed by atoms with Crippen LogP contribution in [0.3, 0.4) is 0 Å². The third-order valence-corrected chi connectivity index (χ3v) is 2.78. The van der Waals surface area contributed by atoms with Crippen molar-refractivity contribution in [2.45, 2.75) is 12.8 Å². The fourth-order valence-corrected chi connectivity index (χ4v) is 1.86. The zero-order valence-corrected chi connectivity index (χ0v) is 11.7. The van der Waals surface area contributed by atoms with Gasteiger partial charge >= 0.3 is 0 Å². The largest absolute Gasteiger partial charge is 0.393 e. The molecule has 98 valence electrons. The molecule has 1 aromatic carbocycles. The van der Waals surface area contributed by atoms with E-state index in [2.05, 4.69) is 33.5 Å². The van der Waals surface area contributed by atoms with Crippen molar-refractivity contribution in [1.82, 2.24) is 5.32 Å². The number of hydrogen-bond donors (Lipinski definition) is 2. The summed E-state index contributed by atoms with van der Waals surface area (Å²) in [5.41, 5.74) is 4.69. The second-order valence-corrected chi connectivity index (χ2v) is 5.01. The summed E-state index contributed by atoms with van der Waals surface area (Å²) in [6, 6.07) is 2.07. The fourth-order valence-electron chi connectivity index (χ4n) is 1.31. The molecule has 0 aliphatic heterocycles. The van der Waals surface area contributed by atoms with E-state index >= 15 is 0 Å². The molecule has 0 radical (unpaired) electrons. The zero-order valence-electron chi connectivity index (χ0n) is 9.30. The maximum atomic E-state index is 13.4. The van der Waals surface area contributed by atoms with Gasteiger partial charge in [0.1, 0.15) is 17.2 Å². The summed E-state index contributed by atoms with van der Waals surface area (Å²) in [7, 11) is 0. The Labute approximate surface area is 117 Å². The summed E-state index contributed by atoms with van der Waals surface area (Å²) in [6.07, 6.45) is 1.00. The average molecular weight is 337 g/mol. The van der Waals surface area contributed by atoms with Crippen LogP contribution in [0.15, 0.2) is 16.6 Å². The van der Waals surface area contributed by atoms with Crippen LogP contribution in [0.25, 0.3) is 0 Å². The summed E-state index contributed by atoms with van der Waals surface area (Å²) in [4.78, 5) is 11.9. The summed E-state index contributed by atoms with van der Waals surface area (Å²) in [6.45, 7) is 0.255. The lowest BCUT2D eigenvalue weighted by Gasteiger charge is -2.07. The second kappa shape index (κ2) is 6.75.